The van der Waals surface area contributed by atoms with Crippen molar-refractivity contribution in [1.29, 1.82) is 0 Å². The number of carbonyl (C=O) groups is 1. The van der Waals surface area contributed by atoms with Crippen LogP contribution in [-0.4, -0.2) is 17.1 Å². The van der Waals surface area contributed by atoms with Crippen molar-refractivity contribution in [3.05, 3.63) is 60.3 Å². The number of carbonyl (C=O) groups excluding carboxylic acids is 1. The van der Waals surface area contributed by atoms with Crippen LogP contribution in [0.5, 0.6) is 5.75 Å². The van der Waals surface area contributed by atoms with Crippen molar-refractivity contribution < 1.29 is 9.53 Å². The van der Waals surface area contributed by atoms with E-state index >= 15 is 0 Å². The lowest BCUT2D eigenvalue weighted by Gasteiger charge is -2.16. The number of rotatable bonds is 6. The molecule has 1 heterocycles. The van der Waals surface area contributed by atoms with Gasteiger partial charge in [-0.2, -0.15) is 0 Å². The molecule has 0 fully saturated rings. The maximum absolute atomic E-state index is 12.6. The van der Waals surface area contributed by atoms with Gasteiger partial charge >= 0.3 is 0 Å². The maximum atomic E-state index is 12.6. The molecule has 4 nitrogen and oxygen atoms in total. The highest BCUT2D eigenvalue weighted by Crippen LogP contribution is 2.23. The quantitative estimate of drug-likeness (QED) is 0.702. The Kier molecular flexibility index (Phi) is 5.08. The summed E-state index contributed by atoms with van der Waals surface area (Å²) in [6.07, 6.45) is 2.99. The van der Waals surface area contributed by atoms with E-state index in [4.69, 9.17) is 4.74 Å². The highest BCUT2D eigenvalue weighted by atomic mass is 16.5. The third-order valence-electron chi connectivity index (χ3n) is 4.42. The van der Waals surface area contributed by atoms with Crippen molar-refractivity contribution in [2.75, 3.05) is 11.9 Å². The average molecular weight is 336 g/mol. The number of amides is 1. The fourth-order valence-electron chi connectivity index (χ4n) is 2.95. The largest absolute Gasteiger partial charge is 0.494 e. The molecule has 0 bridgehead atoms. The molecule has 1 unspecified atom stereocenters. The molecule has 1 atom stereocenters. The first kappa shape index (κ1) is 17.1. The zero-order valence-corrected chi connectivity index (χ0v) is 15.0. The van der Waals surface area contributed by atoms with Gasteiger partial charge in [-0.1, -0.05) is 13.0 Å². The number of benzene rings is 2. The minimum atomic E-state index is -0.295. The second-order valence-corrected chi connectivity index (χ2v) is 6.09. The van der Waals surface area contributed by atoms with Gasteiger partial charge in [0.2, 0.25) is 5.91 Å². The van der Waals surface area contributed by atoms with Crippen LogP contribution in [0.3, 0.4) is 0 Å². The molecule has 0 aliphatic rings. The lowest BCUT2D eigenvalue weighted by molar-refractivity contribution is -0.118. The van der Waals surface area contributed by atoms with Gasteiger partial charge in [-0.15, -0.1) is 0 Å². The zero-order valence-electron chi connectivity index (χ0n) is 15.0. The first-order chi connectivity index (χ1) is 12.1. The maximum Gasteiger partial charge on any atom is 0.247 e. The van der Waals surface area contributed by atoms with Crippen molar-refractivity contribution in [1.82, 2.24) is 4.57 Å². The molecule has 0 saturated heterocycles. The van der Waals surface area contributed by atoms with Crippen LogP contribution in [0.2, 0.25) is 0 Å². The van der Waals surface area contributed by atoms with E-state index in [2.05, 4.69) is 36.5 Å². The predicted molar refractivity (Wildman–Crippen MR) is 102 cm³/mol. The van der Waals surface area contributed by atoms with E-state index in [0.717, 1.165) is 23.4 Å². The van der Waals surface area contributed by atoms with E-state index in [1.807, 2.05) is 48.9 Å². The summed E-state index contributed by atoms with van der Waals surface area (Å²) >= 11 is 0. The Labute approximate surface area is 148 Å². The van der Waals surface area contributed by atoms with Gasteiger partial charge in [-0.05, 0) is 73.7 Å². The Morgan fingerprint density at radius 3 is 2.56 bits per heavy atom. The Bertz CT molecular complexity index is 865. The Balaban J connectivity index is 1.76. The number of ether oxygens (including phenoxy) is 1. The summed E-state index contributed by atoms with van der Waals surface area (Å²) in [5.41, 5.74) is 3.15. The Morgan fingerprint density at radius 1 is 1.12 bits per heavy atom. The standard InChI is InChI=1S/C21H24N2O2/c1-4-16-6-11-20-17(14-16)12-13-23(20)15(3)21(24)22-18-7-9-19(10-8-18)25-5-2/h6-15H,4-5H2,1-3H3,(H,22,24). The van der Waals surface area contributed by atoms with Crippen molar-refractivity contribution in [3.63, 3.8) is 0 Å². The average Bonchev–Trinajstić information content (AvgIpc) is 3.05. The first-order valence-corrected chi connectivity index (χ1v) is 8.75. The van der Waals surface area contributed by atoms with Gasteiger partial charge in [-0.25, -0.2) is 0 Å². The van der Waals surface area contributed by atoms with Crippen molar-refractivity contribution in [3.8, 4) is 5.75 Å². The summed E-state index contributed by atoms with van der Waals surface area (Å²) < 4.78 is 7.43. The lowest BCUT2D eigenvalue weighted by Crippen LogP contribution is -2.23. The molecule has 1 amide bonds. The third kappa shape index (κ3) is 3.68. The molecule has 2 aromatic carbocycles. The molecule has 0 radical (unpaired) electrons. The fourth-order valence-corrected chi connectivity index (χ4v) is 2.95. The summed E-state index contributed by atoms with van der Waals surface area (Å²) in [5, 5.41) is 4.14. The number of anilines is 1. The van der Waals surface area contributed by atoms with E-state index in [1.54, 1.807) is 0 Å². The van der Waals surface area contributed by atoms with Crippen LogP contribution < -0.4 is 10.1 Å². The number of nitrogens with one attached hydrogen (secondary N) is 1. The van der Waals surface area contributed by atoms with E-state index in [1.165, 1.54) is 10.9 Å². The van der Waals surface area contributed by atoms with Crippen LogP contribution in [-0.2, 0) is 11.2 Å². The Hall–Kier alpha value is -2.75. The summed E-state index contributed by atoms with van der Waals surface area (Å²) in [4.78, 5) is 12.6. The van der Waals surface area contributed by atoms with E-state index in [9.17, 15) is 4.79 Å². The van der Waals surface area contributed by atoms with Gasteiger partial charge in [0.25, 0.3) is 0 Å². The van der Waals surface area contributed by atoms with Gasteiger partial charge in [0.15, 0.2) is 0 Å². The molecule has 1 aromatic heterocycles. The van der Waals surface area contributed by atoms with Gasteiger partial charge in [0, 0.05) is 17.4 Å². The topological polar surface area (TPSA) is 43.3 Å². The number of aromatic nitrogens is 1. The van der Waals surface area contributed by atoms with Crippen LogP contribution in [0, 0.1) is 0 Å². The molecule has 0 aliphatic carbocycles. The normalized spacial score (nSPS) is 12.1. The van der Waals surface area contributed by atoms with Crippen molar-refractivity contribution in [2.24, 2.45) is 0 Å². The van der Waals surface area contributed by atoms with Crippen molar-refractivity contribution in [2.45, 2.75) is 33.2 Å². The van der Waals surface area contributed by atoms with E-state index < -0.39 is 0 Å². The van der Waals surface area contributed by atoms with Gasteiger partial charge in [0.1, 0.15) is 11.8 Å². The van der Waals surface area contributed by atoms with Crippen molar-refractivity contribution >= 4 is 22.5 Å². The smallest absolute Gasteiger partial charge is 0.247 e. The summed E-state index contributed by atoms with van der Waals surface area (Å²) in [5.74, 6) is 0.762. The summed E-state index contributed by atoms with van der Waals surface area (Å²) in [7, 11) is 0. The van der Waals surface area contributed by atoms with Crippen LogP contribution in [0.1, 0.15) is 32.4 Å². The lowest BCUT2D eigenvalue weighted by atomic mass is 10.1. The Morgan fingerprint density at radius 2 is 1.88 bits per heavy atom. The van der Waals surface area contributed by atoms with Gasteiger partial charge in [0.05, 0.1) is 6.61 Å². The number of nitrogens with zero attached hydrogens (tertiary/aromatic N) is 1. The molecule has 25 heavy (non-hydrogen) atoms. The number of fused-ring (bicyclic) bond motifs is 1. The fraction of sp³-hybridized carbons (Fsp3) is 0.286. The number of aryl methyl sites for hydroxylation is 1. The SMILES string of the molecule is CCOc1ccc(NC(=O)C(C)n2ccc3cc(CC)ccc32)cc1. The van der Waals surface area contributed by atoms with Gasteiger partial charge in [-0.3, -0.25) is 4.79 Å². The van der Waals surface area contributed by atoms with Gasteiger partial charge < -0.3 is 14.6 Å². The molecule has 3 aromatic rings. The van der Waals surface area contributed by atoms with Crippen LogP contribution >= 0.6 is 0 Å². The molecule has 0 aliphatic heterocycles. The first-order valence-electron chi connectivity index (χ1n) is 8.75. The highest BCUT2D eigenvalue weighted by molar-refractivity contribution is 5.95. The molecule has 3 rings (SSSR count). The predicted octanol–water partition coefficient (Wildman–Crippen LogP) is 4.80. The summed E-state index contributed by atoms with van der Waals surface area (Å²) in [6, 6.07) is 15.6. The monoisotopic (exact) mass is 336 g/mol. The number of hydrogen-bond donors (Lipinski definition) is 1. The van der Waals surface area contributed by atoms with Crippen LogP contribution in [0.4, 0.5) is 5.69 Å². The molecule has 0 saturated carbocycles. The molecule has 4 heteroatoms. The molecular weight excluding hydrogens is 312 g/mol. The second kappa shape index (κ2) is 7.43. The highest BCUT2D eigenvalue weighted by Gasteiger charge is 2.16. The molecular formula is C21H24N2O2. The van der Waals surface area contributed by atoms with E-state index in [0.29, 0.717) is 6.61 Å². The summed E-state index contributed by atoms with van der Waals surface area (Å²) in [6.45, 7) is 6.63. The minimum absolute atomic E-state index is 0.0405. The zero-order chi connectivity index (χ0) is 17.8. The van der Waals surface area contributed by atoms with Crippen LogP contribution in [0.15, 0.2) is 54.7 Å². The second-order valence-electron chi connectivity index (χ2n) is 6.09. The molecule has 0 spiro atoms. The molecule has 130 valence electrons. The van der Waals surface area contributed by atoms with Crippen LogP contribution in [0.25, 0.3) is 10.9 Å². The molecule has 1 N–H and O–H groups in total. The minimum Gasteiger partial charge on any atom is -0.494 e. The number of hydrogen-bond acceptors (Lipinski definition) is 2. The third-order valence-corrected chi connectivity index (χ3v) is 4.42. The van der Waals surface area contributed by atoms with E-state index in [-0.39, 0.29) is 11.9 Å².